The normalized spacial score (nSPS) is 14.3. The number of hydrogen-bond donors (Lipinski definition) is 1. The monoisotopic (exact) mass is 272 g/mol. The minimum absolute atomic E-state index is 0.124. The molecule has 3 heteroatoms. The Morgan fingerprint density at radius 1 is 1.20 bits per heavy atom. The number of pyridine rings is 1. The Kier molecular flexibility index (Phi) is 5.50. The van der Waals surface area contributed by atoms with E-state index in [4.69, 9.17) is 4.74 Å². The summed E-state index contributed by atoms with van der Waals surface area (Å²) in [4.78, 5) is 4.56. The molecule has 3 nitrogen and oxygen atoms in total. The van der Waals surface area contributed by atoms with Gasteiger partial charge >= 0.3 is 0 Å². The molecule has 0 fully saturated rings. The van der Waals surface area contributed by atoms with Crippen molar-refractivity contribution < 1.29 is 4.74 Å². The van der Waals surface area contributed by atoms with E-state index in [1.807, 2.05) is 19.2 Å². The minimum atomic E-state index is 0.124. The summed E-state index contributed by atoms with van der Waals surface area (Å²) in [6.07, 6.45) is 3.08. The van der Waals surface area contributed by atoms with E-state index in [-0.39, 0.29) is 12.1 Å². The third-order valence-electron chi connectivity index (χ3n) is 3.51. The molecule has 0 saturated heterocycles. The van der Waals surface area contributed by atoms with Gasteiger partial charge in [0, 0.05) is 18.2 Å². The Bertz CT molecular complexity index is 536. The van der Waals surface area contributed by atoms with Gasteiger partial charge in [-0.2, -0.15) is 0 Å². The number of rotatable bonds is 7. The summed E-state index contributed by atoms with van der Waals surface area (Å²) in [6, 6.07) is 10.6. The van der Waals surface area contributed by atoms with Crippen molar-refractivity contribution in [1.29, 1.82) is 0 Å². The van der Waals surface area contributed by atoms with Gasteiger partial charge in [0.05, 0.1) is 17.7 Å². The second kappa shape index (κ2) is 7.36. The number of nitrogens with zero attached hydrogens (tertiary/aromatic N) is 1. The smallest absolute Gasteiger partial charge is 0.0750 e. The highest BCUT2D eigenvalue weighted by molar-refractivity contribution is 5.82. The van der Waals surface area contributed by atoms with E-state index in [1.54, 1.807) is 0 Å². The van der Waals surface area contributed by atoms with Crippen LogP contribution in [0.1, 0.15) is 38.8 Å². The fourth-order valence-corrected chi connectivity index (χ4v) is 2.57. The second-order valence-electron chi connectivity index (χ2n) is 5.01. The molecular weight excluding hydrogens is 248 g/mol. The quantitative estimate of drug-likeness (QED) is 0.834. The topological polar surface area (TPSA) is 34.2 Å². The van der Waals surface area contributed by atoms with Gasteiger partial charge in [-0.15, -0.1) is 0 Å². The van der Waals surface area contributed by atoms with E-state index in [9.17, 15) is 0 Å². The number of para-hydroxylation sites is 1. The van der Waals surface area contributed by atoms with Gasteiger partial charge in [-0.1, -0.05) is 31.2 Å². The molecule has 2 atom stereocenters. The van der Waals surface area contributed by atoms with Crippen molar-refractivity contribution >= 4 is 10.9 Å². The summed E-state index contributed by atoms with van der Waals surface area (Å²) in [5.74, 6) is 0. The first kappa shape index (κ1) is 14.9. The van der Waals surface area contributed by atoms with Crippen molar-refractivity contribution in [3.63, 3.8) is 0 Å². The molecule has 1 aromatic carbocycles. The first-order chi connectivity index (χ1) is 9.77. The predicted molar refractivity (Wildman–Crippen MR) is 83.9 cm³/mol. The molecule has 0 radical (unpaired) electrons. The molecule has 0 aliphatic carbocycles. The maximum Gasteiger partial charge on any atom is 0.0750 e. The van der Waals surface area contributed by atoms with E-state index < -0.39 is 0 Å². The average Bonchev–Trinajstić information content (AvgIpc) is 2.48. The zero-order valence-electron chi connectivity index (χ0n) is 12.6. The molecule has 0 aliphatic rings. The molecule has 20 heavy (non-hydrogen) atoms. The third-order valence-corrected chi connectivity index (χ3v) is 3.51. The molecule has 0 bridgehead atoms. The van der Waals surface area contributed by atoms with Gasteiger partial charge < -0.3 is 10.1 Å². The molecule has 2 aromatic rings. The van der Waals surface area contributed by atoms with Crippen molar-refractivity contribution in [2.75, 3.05) is 13.2 Å². The van der Waals surface area contributed by atoms with E-state index in [2.05, 4.69) is 48.4 Å². The van der Waals surface area contributed by atoms with Crippen LogP contribution < -0.4 is 5.32 Å². The van der Waals surface area contributed by atoms with Gasteiger partial charge in [0.1, 0.15) is 0 Å². The molecule has 0 aliphatic heterocycles. The molecule has 1 N–H and O–H groups in total. The van der Waals surface area contributed by atoms with Crippen molar-refractivity contribution in [2.24, 2.45) is 0 Å². The van der Waals surface area contributed by atoms with Crippen LogP contribution in [-0.2, 0) is 4.74 Å². The molecule has 0 saturated carbocycles. The van der Waals surface area contributed by atoms with Crippen LogP contribution in [0, 0.1) is 0 Å². The Balaban J connectivity index is 2.39. The van der Waals surface area contributed by atoms with E-state index in [0.717, 1.165) is 25.1 Å². The van der Waals surface area contributed by atoms with Crippen molar-refractivity contribution in [3.05, 3.63) is 42.1 Å². The second-order valence-corrected chi connectivity index (χ2v) is 5.01. The first-order valence-electron chi connectivity index (χ1n) is 7.46. The molecular formula is C17H24N2O. The highest BCUT2D eigenvalue weighted by Gasteiger charge is 2.21. The largest absolute Gasteiger partial charge is 0.377 e. The van der Waals surface area contributed by atoms with Crippen LogP contribution in [0.25, 0.3) is 10.9 Å². The van der Waals surface area contributed by atoms with E-state index >= 15 is 0 Å². The predicted octanol–water partition coefficient (Wildman–Crippen LogP) is 3.70. The third kappa shape index (κ3) is 3.35. The summed E-state index contributed by atoms with van der Waals surface area (Å²) in [5, 5.41) is 4.78. The lowest BCUT2D eigenvalue weighted by molar-refractivity contribution is 0.0476. The fraction of sp³-hybridized carbons (Fsp3) is 0.471. The van der Waals surface area contributed by atoms with Crippen molar-refractivity contribution in [3.8, 4) is 0 Å². The van der Waals surface area contributed by atoms with Crippen LogP contribution in [0.5, 0.6) is 0 Å². The van der Waals surface area contributed by atoms with Crippen LogP contribution in [0.4, 0.5) is 0 Å². The molecule has 2 unspecified atom stereocenters. The fourth-order valence-electron chi connectivity index (χ4n) is 2.57. The minimum Gasteiger partial charge on any atom is -0.377 e. The Hall–Kier alpha value is -1.45. The molecule has 2 rings (SSSR count). The van der Waals surface area contributed by atoms with E-state index in [0.29, 0.717) is 0 Å². The Labute approximate surface area is 121 Å². The number of ether oxygens (including phenoxy) is 1. The van der Waals surface area contributed by atoms with Gasteiger partial charge in [-0.05, 0) is 38.4 Å². The van der Waals surface area contributed by atoms with Gasteiger partial charge in [0.25, 0.3) is 0 Å². The van der Waals surface area contributed by atoms with Crippen molar-refractivity contribution in [1.82, 2.24) is 10.3 Å². The summed E-state index contributed by atoms with van der Waals surface area (Å²) < 4.78 is 5.81. The van der Waals surface area contributed by atoms with Gasteiger partial charge in [-0.3, -0.25) is 4.98 Å². The number of aromatic nitrogens is 1. The molecule has 1 aromatic heterocycles. The SMILES string of the molecule is CCCNC(c1cccc2cccnc12)C(C)OCC. The molecule has 0 spiro atoms. The van der Waals surface area contributed by atoms with Crippen molar-refractivity contribution in [2.45, 2.75) is 39.3 Å². The summed E-state index contributed by atoms with van der Waals surface area (Å²) in [7, 11) is 0. The lowest BCUT2D eigenvalue weighted by atomic mass is 9.98. The standard InChI is InChI=1S/C17H24N2O/c1-4-11-18-16(13(3)20-5-2)15-10-6-8-14-9-7-12-19-17(14)15/h6-10,12-13,16,18H,4-5,11H2,1-3H3. The Morgan fingerprint density at radius 3 is 2.75 bits per heavy atom. The van der Waals surface area contributed by atoms with Gasteiger partial charge in [-0.25, -0.2) is 0 Å². The highest BCUT2D eigenvalue weighted by Crippen LogP contribution is 2.26. The average molecular weight is 272 g/mol. The molecule has 0 amide bonds. The maximum absolute atomic E-state index is 5.81. The van der Waals surface area contributed by atoms with Crippen LogP contribution >= 0.6 is 0 Å². The van der Waals surface area contributed by atoms with Gasteiger partial charge in [0.15, 0.2) is 0 Å². The van der Waals surface area contributed by atoms with Crippen LogP contribution in [-0.4, -0.2) is 24.2 Å². The van der Waals surface area contributed by atoms with E-state index in [1.165, 1.54) is 10.9 Å². The zero-order valence-corrected chi connectivity index (χ0v) is 12.6. The van der Waals surface area contributed by atoms with Crippen LogP contribution in [0.2, 0.25) is 0 Å². The summed E-state index contributed by atoms with van der Waals surface area (Å²) in [5.41, 5.74) is 2.28. The first-order valence-corrected chi connectivity index (χ1v) is 7.46. The zero-order chi connectivity index (χ0) is 14.4. The Morgan fingerprint density at radius 2 is 2.00 bits per heavy atom. The number of hydrogen-bond acceptors (Lipinski definition) is 3. The lowest BCUT2D eigenvalue weighted by Gasteiger charge is -2.26. The lowest BCUT2D eigenvalue weighted by Crippen LogP contribution is -2.33. The summed E-state index contributed by atoms with van der Waals surface area (Å²) in [6.45, 7) is 8.04. The highest BCUT2D eigenvalue weighted by atomic mass is 16.5. The number of benzene rings is 1. The van der Waals surface area contributed by atoms with Crippen LogP contribution in [0.3, 0.4) is 0 Å². The summed E-state index contributed by atoms with van der Waals surface area (Å²) >= 11 is 0. The van der Waals surface area contributed by atoms with Gasteiger partial charge in [0.2, 0.25) is 0 Å². The number of fused-ring (bicyclic) bond motifs is 1. The number of nitrogens with one attached hydrogen (secondary N) is 1. The molecule has 108 valence electrons. The maximum atomic E-state index is 5.81. The molecule has 1 heterocycles. The van der Waals surface area contributed by atoms with Crippen LogP contribution in [0.15, 0.2) is 36.5 Å².